The summed E-state index contributed by atoms with van der Waals surface area (Å²) in [5.74, 6) is -3.01. The summed E-state index contributed by atoms with van der Waals surface area (Å²) >= 11 is 0. The summed E-state index contributed by atoms with van der Waals surface area (Å²) in [5.41, 5.74) is 2.03. The number of nitrogens with zero attached hydrogens (tertiary/aromatic N) is 2. The number of amides is 1. The third-order valence-corrected chi connectivity index (χ3v) is 5.09. The molecule has 7 nitrogen and oxygen atoms in total. The van der Waals surface area contributed by atoms with Crippen LogP contribution in [0, 0.1) is 0 Å². The number of Topliss-reactive ketones (excluding diaryl/α,β-unsaturated/α-hetero) is 1. The minimum Gasteiger partial charge on any atom is -0.550 e. The Labute approximate surface area is 174 Å². The Balaban J connectivity index is 2.08. The molecule has 2 aromatic rings. The van der Waals surface area contributed by atoms with E-state index < -0.39 is 23.7 Å². The second-order valence-electron chi connectivity index (χ2n) is 7.32. The van der Waals surface area contributed by atoms with Crippen molar-refractivity contribution in [2.24, 2.45) is 0 Å². The minimum absolute atomic E-state index is 0.00254. The van der Waals surface area contributed by atoms with Crippen LogP contribution in [-0.2, 0) is 14.4 Å². The standard InChI is InChI=1S/C23H24N2O5/c1-24(2)17-12-10-15(11-13-17)20-19(21(28)16-7-4-3-5-8-16)22(29)23(30)25(20)14-6-9-18(26)27/h3-5,7-8,10-13,20,28H,6,9,14H2,1-2H3,(H,26,27)/p-1/b21-19+/t20-/m0/s1. The van der Waals surface area contributed by atoms with E-state index >= 15 is 0 Å². The Morgan fingerprint density at radius 3 is 2.27 bits per heavy atom. The lowest BCUT2D eigenvalue weighted by Gasteiger charge is -2.26. The first kappa shape index (κ1) is 21.1. The number of likely N-dealkylation sites (tertiary alicyclic amines) is 1. The first-order valence-electron chi connectivity index (χ1n) is 9.62. The fraction of sp³-hybridized carbons (Fsp3) is 0.261. The molecule has 0 bridgehead atoms. The van der Waals surface area contributed by atoms with Gasteiger partial charge < -0.3 is 24.8 Å². The molecule has 7 heteroatoms. The molecule has 0 aliphatic carbocycles. The fourth-order valence-electron chi connectivity index (χ4n) is 3.56. The lowest BCUT2D eigenvalue weighted by atomic mass is 9.95. The Morgan fingerprint density at radius 1 is 1.07 bits per heavy atom. The van der Waals surface area contributed by atoms with E-state index in [4.69, 9.17) is 0 Å². The van der Waals surface area contributed by atoms with Gasteiger partial charge >= 0.3 is 0 Å². The summed E-state index contributed by atoms with van der Waals surface area (Å²) in [4.78, 5) is 39.6. The number of aliphatic hydroxyl groups excluding tert-OH is 1. The lowest BCUT2D eigenvalue weighted by Crippen LogP contribution is -2.32. The van der Waals surface area contributed by atoms with Crippen molar-refractivity contribution in [3.05, 3.63) is 71.3 Å². The van der Waals surface area contributed by atoms with E-state index in [0.29, 0.717) is 11.1 Å². The zero-order valence-corrected chi connectivity index (χ0v) is 16.9. The smallest absolute Gasteiger partial charge is 0.295 e. The van der Waals surface area contributed by atoms with Crippen LogP contribution in [-0.4, -0.2) is 48.3 Å². The van der Waals surface area contributed by atoms with Gasteiger partial charge in [-0.05, 0) is 30.5 Å². The first-order valence-corrected chi connectivity index (χ1v) is 9.62. The molecule has 0 spiro atoms. The van der Waals surface area contributed by atoms with Crippen LogP contribution in [0.15, 0.2) is 60.2 Å². The van der Waals surface area contributed by atoms with Gasteiger partial charge in [-0.15, -0.1) is 0 Å². The second kappa shape index (κ2) is 8.82. The predicted molar refractivity (Wildman–Crippen MR) is 110 cm³/mol. The summed E-state index contributed by atoms with van der Waals surface area (Å²) in [6.45, 7) is 0.0597. The monoisotopic (exact) mass is 407 g/mol. The number of carboxylic acid groups (broad SMARTS) is 1. The van der Waals surface area contributed by atoms with E-state index in [2.05, 4.69) is 0 Å². The van der Waals surface area contributed by atoms with Crippen LogP contribution >= 0.6 is 0 Å². The molecule has 1 N–H and O–H groups in total. The molecule has 1 heterocycles. The lowest BCUT2D eigenvalue weighted by molar-refractivity contribution is -0.305. The number of carbonyl (C=O) groups is 3. The molecule has 0 unspecified atom stereocenters. The number of carbonyl (C=O) groups excluding carboxylic acids is 3. The number of ketones is 1. The summed E-state index contributed by atoms with van der Waals surface area (Å²) in [7, 11) is 3.80. The number of benzene rings is 2. The maximum absolute atomic E-state index is 12.8. The molecule has 3 rings (SSSR count). The largest absolute Gasteiger partial charge is 0.550 e. The van der Waals surface area contributed by atoms with E-state index in [1.807, 2.05) is 31.1 Å². The third-order valence-electron chi connectivity index (χ3n) is 5.09. The molecule has 1 aliphatic rings. The van der Waals surface area contributed by atoms with Crippen molar-refractivity contribution >= 4 is 29.1 Å². The zero-order chi connectivity index (χ0) is 21.8. The third kappa shape index (κ3) is 4.20. The van der Waals surface area contributed by atoms with Gasteiger partial charge in [0.1, 0.15) is 5.76 Å². The van der Waals surface area contributed by atoms with Gasteiger partial charge in [0.2, 0.25) is 0 Å². The Hall–Kier alpha value is -3.61. The zero-order valence-electron chi connectivity index (χ0n) is 16.9. The molecule has 0 radical (unpaired) electrons. The Kier molecular flexibility index (Phi) is 6.20. The van der Waals surface area contributed by atoms with Crippen molar-refractivity contribution in [3.63, 3.8) is 0 Å². The van der Waals surface area contributed by atoms with Crippen LogP contribution in [0.25, 0.3) is 5.76 Å². The van der Waals surface area contributed by atoms with Crippen molar-refractivity contribution in [2.75, 3.05) is 25.5 Å². The van der Waals surface area contributed by atoms with Gasteiger partial charge in [0, 0.05) is 37.9 Å². The van der Waals surface area contributed by atoms with E-state index in [-0.39, 0.29) is 30.7 Å². The van der Waals surface area contributed by atoms with Crippen LogP contribution in [0.3, 0.4) is 0 Å². The number of anilines is 1. The van der Waals surface area contributed by atoms with Crippen molar-refractivity contribution in [2.45, 2.75) is 18.9 Å². The first-order chi connectivity index (χ1) is 14.3. The van der Waals surface area contributed by atoms with Crippen LogP contribution in [0.4, 0.5) is 5.69 Å². The van der Waals surface area contributed by atoms with E-state index in [1.54, 1.807) is 42.5 Å². The number of hydrogen-bond donors (Lipinski definition) is 1. The maximum Gasteiger partial charge on any atom is 0.295 e. The molecule has 1 fully saturated rings. The molecular formula is C23H23N2O5-. The van der Waals surface area contributed by atoms with E-state index in [9.17, 15) is 24.6 Å². The van der Waals surface area contributed by atoms with Gasteiger partial charge in [-0.25, -0.2) is 0 Å². The number of aliphatic hydroxyl groups is 1. The van der Waals surface area contributed by atoms with Crippen LogP contribution in [0.5, 0.6) is 0 Å². The Bertz CT molecular complexity index is 980. The SMILES string of the molecule is CN(C)c1ccc([C@H]2/C(=C(\O)c3ccccc3)C(=O)C(=O)N2CCCC(=O)[O-])cc1. The molecule has 30 heavy (non-hydrogen) atoms. The highest BCUT2D eigenvalue weighted by atomic mass is 16.4. The topological polar surface area (TPSA) is 101 Å². The summed E-state index contributed by atoms with van der Waals surface area (Å²) in [6.07, 6.45) is -0.0824. The molecule has 0 aromatic heterocycles. The summed E-state index contributed by atoms with van der Waals surface area (Å²) in [6, 6.07) is 15.1. The second-order valence-corrected chi connectivity index (χ2v) is 7.32. The molecule has 1 aliphatic heterocycles. The summed E-state index contributed by atoms with van der Waals surface area (Å²) < 4.78 is 0. The van der Waals surface area contributed by atoms with Crippen molar-refractivity contribution in [1.82, 2.24) is 4.90 Å². The normalized spacial score (nSPS) is 17.9. The van der Waals surface area contributed by atoms with E-state index in [1.165, 1.54) is 4.90 Å². The van der Waals surface area contributed by atoms with Crippen molar-refractivity contribution < 1.29 is 24.6 Å². The van der Waals surface area contributed by atoms with E-state index in [0.717, 1.165) is 5.69 Å². The van der Waals surface area contributed by atoms with Gasteiger partial charge in [0.15, 0.2) is 0 Å². The van der Waals surface area contributed by atoms with Gasteiger partial charge in [-0.2, -0.15) is 0 Å². The van der Waals surface area contributed by atoms with Crippen LogP contribution < -0.4 is 10.0 Å². The molecule has 2 aromatic carbocycles. The number of carboxylic acids is 1. The minimum atomic E-state index is -1.22. The van der Waals surface area contributed by atoms with Gasteiger partial charge in [0.25, 0.3) is 11.7 Å². The molecule has 0 saturated carbocycles. The molecule has 1 saturated heterocycles. The van der Waals surface area contributed by atoms with Crippen molar-refractivity contribution in [1.29, 1.82) is 0 Å². The number of hydrogen-bond acceptors (Lipinski definition) is 6. The summed E-state index contributed by atoms with van der Waals surface area (Å²) in [5, 5.41) is 21.7. The average Bonchev–Trinajstić information content (AvgIpc) is 2.98. The Morgan fingerprint density at radius 2 is 1.70 bits per heavy atom. The number of aliphatic carboxylic acids is 1. The average molecular weight is 407 g/mol. The van der Waals surface area contributed by atoms with Crippen molar-refractivity contribution in [3.8, 4) is 0 Å². The quantitative estimate of drug-likeness (QED) is 0.426. The van der Waals surface area contributed by atoms with Gasteiger partial charge in [-0.1, -0.05) is 42.5 Å². The maximum atomic E-state index is 12.8. The highest BCUT2D eigenvalue weighted by Gasteiger charge is 2.45. The highest BCUT2D eigenvalue weighted by molar-refractivity contribution is 6.46. The molecule has 1 atom stereocenters. The predicted octanol–water partition coefficient (Wildman–Crippen LogP) is 1.70. The number of rotatable bonds is 7. The van der Waals surface area contributed by atoms with Gasteiger partial charge in [-0.3, -0.25) is 9.59 Å². The fourth-order valence-corrected chi connectivity index (χ4v) is 3.56. The van der Waals surface area contributed by atoms with Crippen LogP contribution in [0.2, 0.25) is 0 Å². The highest BCUT2D eigenvalue weighted by Crippen LogP contribution is 2.39. The molecule has 156 valence electrons. The molecular weight excluding hydrogens is 384 g/mol. The van der Waals surface area contributed by atoms with Crippen LogP contribution in [0.1, 0.15) is 30.0 Å². The molecule has 1 amide bonds. The van der Waals surface area contributed by atoms with Gasteiger partial charge in [0.05, 0.1) is 11.6 Å².